The Morgan fingerprint density at radius 2 is 1.52 bits per heavy atom. The molecule has 0 aliphatic heterocycles. The van der Waals surface area contributed by atoms with Gasteiger partial charge in [0, 0.05) is 24.0 Å². The third kappa shape index (κ3) is 5.24. The van der Waals surface area contributed by atoms with Crippen LogP contribution in [0.25, 0.3) is 10.8 Å². The summed E-state index contributed by atoms with van der Waals surface area (Å²) in [7, 11) is 2.92. The summed E-state index contributed by atoms with van der Waals surface area (Å²) in [6.45, 7) is 3.78. The quantitative estimate of drug-likeness (QED) is 0.515. The van der Waals surface area contributed by atoms with Crippen molar-refractivity contribution < 1.29 is 27.8 Å². The van der Waals surface area contributed by atoms with Crippen LogP contribution in [0.4, 0.5) is 13.6 Å². The lowest BCUT2D eigenvalue weighted by atomic mass is 10.1. The zero-order valence-corrected chi connectivity index (χ0v) is 18.9. The summed E-state index contributed by atoms with van der Waals surface area (Å²) in [5, 5.41) is 3.14. The van der Waals surface area contributed by atoms with Gasteiger partial charge in [0.1, 0.15) is 11.6 Å². The molecule has 0 aliphatic carbocycles. The van der Waals surface area contributed by atoms with E-state index in [1.807, 2.05) is 13.8 Å². The Kier molecular flexibility index (Phi) is 7.52. The van der Waals surface area contributed by atoms with E-state index in [0.717, 1.165) is 18.2 Å². The number of benzene rings is 2. The summed E-state index contributed by atoms with van der Waals surface area (Å²) in [5.74, 6) is -0.618. The van der Waals surface area contributed by atoms with Crippen LogP contribution >= 0.6 is 0 Å². The van der Waals surface area contributed by atoms with Crippen molar-refractivity contribution in [3.63, 3.8) is 0 Å². The summed E-state index contributed by atoms with van der Waals surface area (Å²) >= 11 is 0. The number of halogens is 2. The van der Waals surface area contributed by atoms with Gasteiger partial charge in [-0.25, -0.2) is 13.6 Å². The highest BCUT2D eigenvalue weighted by atomic mass is 19.1. The Morgan fingerprint density at radius 3 is 2.06 bits per heavy atom. The number of methoxy groups -OCH3 is 2. The molecule has 1 aromatic heterocycles. The fourth-order valence-corrected chi connectivity index (χ4v) is 3.71. The van der Waals surface area contributed by atoms with Crippen molar-refractivity contribution >= 4 is 16.9 Å². The van der Waals surface area contributed by atoms with Crippen LogP contribution in [0.5, 0.6) is 17.2 Å². The third-order valence-electron chi connectivity index (χ3n) is 5.41. The molecule has 0 atom stereocenters. The van der Waals surface area contributed by atoms with Crippen LogP contribution in [0.3, 0.4) is 0 Å². The molecule has 0 saturated carbocycles. The largest absolute Gasteiger partial charge is 0.493 e. The maximum Gasteiger partial charge on any atom is 0.412 e. The zero-order valence-electron chi connectivity index (χ0n) is 18.9. The minimum atomic E-state index is -0.842. The molecular formula is C24H26F2N2O5. The number of carbonyl (C=O) groups is 1. The molecule has 3 aromatic rings. The second kappa shape index (κ2) is 10.3. The van der Waals surface area contributed by atoms with Crippen LogP contribution in [0, 0.1) is 11.6 Å². The number of aromatic nitrogens is 1. The predicted octanol–water partition coefficient (Wildman–Crippen LogP) is 4.95. The molecule has 0 saturated heterocycles. The second-order valence-corrected chi connectivity index (χ2v) is 7.45. The van der Waals surface area contributed by atoms with E-state index in [-0.39, 0.29) is 29.5 Å². The molecule has 7 nitrogen and oxygen atoms in total. The van der Waals surface area contributed by atoms with Gasteiger partial charge in [0.25, 0.3) is 5.56 Å². The smallest absolute Gasteiger partial charge is 0.412 e. The average Bonchev–Trinajstić information content (AvgIpc) is 2.79. The second-order valence-electron chi connectivity index (χ2n) is 7.45. The highest BCUT2D eigenvalue weighted by Gasteiger charge is 2.19. The lowest BCUT2D eigenvalue weighted by Gasteiger charge is -2.20. The minimum absolute atomic E-state index is 0.101. The molecule has 1 heterocycles. The SMILES string of the molecule is CCC(CC)n1cc(OC(=O)NCc2cc(F)cc(F)c2)c2cc(OC)c(OC)cc2c1=O. The van der Waals surface area contributed by atoms with Crippen molar-refractivity contribution in [1.29, 1.82) is 0 Å². The Bertz CT molecular complexity index is 1200. The summed E-state index contributed by atoms with van der Waals surface area (Å²) in [6, 6.07) is 5.99. The Labute approximate surface area is 189 Å². The van der Waals surface area contributed by atoms with Gasteiger partial charge in [-0.15, -0.1) is 0 Å². The summed E-state index contributed by atoms with van der Waals surface area (Å²) in [5.41, 5.74) is -0.00893. The van der Waals surface area contributed by atoms with E-state index in [1.165, 1.54) is 20.4 Å². The van der Waals surface area contributed by atoms with Crippen molar-refractivity contribution in [1.82, 2.24) is 9.88 Å². The normalized spacial score (nSPS) is 11.0. The number of amides is 1. The first-order valence-electron chi connectivity index (χ1n) is 10.5. The number of carbonyl (C=O) groups excluding carboxylic acids is 1. The van der Waals surface area contributed by atoms with E-state index in [4.69, 9.17) is 14.2 Å². The molecule has 33 heavy (non-hydrogen) atoms. The predicted molar refractivity (Wildman–Crippen MR) is 120 cm³/mol. The van der Waals surface area contributed by atoms with E-state index in [9.17, 15) is 18.4 Å². The number of hydrogen-bond acceptors (Lipinski definition) is 5. The number of ether oxygens (including phenoxy) is 3. The van der Waals surface area contributed by atoms with Crippen molar-refractivity contribution in [3.05, 3.63) is 64.1 Å². The Balaban J connectivity index is 2.01. The van der Waals surface area contributed by atoms with Crippen LogP contribution in [0.15, 0.2) is 41.3 Å². The van der Waals surface area contributed by atoms with Crippen molar-refractivity contribution in [2.75, 3.05) is 14.2 Å². The summed E-state index contributed by atoms with van der Waals surface area (Å²) in [6.07, 6.45) is 2.05. The molecule has 9 heteroatoms. The molecular weight excluding hydrogens is 434 g/mol. The lowest BCUT2D eigenvalue weighted by Crippen LogP contribution is -2.28. The highest BCUT2D eigenvalue weighted by Crippen LogP contribution is 2.35. The molecule has 176 valence electrons. The monoisotopic (exact) mass is 460 g/mol. The fourth-order valence-electron chi connectivity index (χ4n) is 3.71. The molecule has 1 N–H and O–H groups in total. The average molecular weight is 460 g/mol. The first-order chi connectivity index (χ1) is 15.8. The third-order valence-corrected chi connectivity index (χ3v) is 5.41. The van der Waals surface area contributed by atoms with Gasteiger partial charge < -0.3 is 24.1 Å². The topological polar surface area (TPSA) is 78.8 Å². The fraction of sp³-hybridized carbons (Fsp3) is 0.333. The molecule has 3 rings (SSSR count). The summed E-state index contributed by atoms with van der Waals surface area (Å²) in [4.78, 5) is 25.7. The van der Waals surface area contributed by atoms with Gasteiger partial charge in [0.05, 0.1) is 25.8 Å². The number of pyridine rings is 1. The number of nitrogens with one attached hydrogen (secondary N) is 1. The number of rotatable bonds is 8. The van der Waals surface area contributed by atoms with Crippen molar-refractivity contribution in [3.8, 4) is 17.2 Å². The molecule has 0 aliphatic rings. The maximum atomic E-state index is 13.4. The first kappa shape index (κ1) is 24.0. The number of hydrogen-bond donors (Lipinski definition) is 1. The van der Waals surface area contributed by atoms with Crippen LogP contribution in [0.2, 0.25) is 0 Å². The molecule has 2 aromatic carbocycles. The van der Waals surface area contributed by atoms with Crippen molar-refractivity contribution in [2.45, 2.75) is 39.3 Å². The van der Waals surface area contributed by atoms with Gasteiger partial charge in [-0.3, -0.25) is 4.79 Å². The van der Waals surface area contributed by atoms with E-state index >= 15 is 0 Å². The van der Waals surface area contributed by atoms with E-state index in [0.29, 0.717) is 35.1 Å². The number of nitrogens with zero attached hydrogens (tertiary/aromatic N) is 1. The van der Waals surface area contributed by atoms with Crippen molar-refractivity contribution in [2.24, 2.45) is 0 Å². The first-order valence-corrected chi connectivity index (χ1v) is 10.5. The van der Waals surface area contributed by atoms with Gasteiger partial charge in [-0.05, 0) is 42.7 Å². The zero-order chi connectivity index (χ0) is 24.1. The molecule has 0 spiro atoms. The van der Waals surface area contributed by atoms with Gasteiger partial charge in [-0.2, -0.15) is 0 Å². The van der Waals surface area contributed by atoms with Crippen LogP contribution < -0.4 is 25.1 Å². The highest BCUT2D eigenvalue weighted by molar-refractivity contribution is 5.92. The van der Waals surface area contributed by atoms with E-state index in [2.05, 4.69) is 5.32 Å². The Hall–Kier alpha value is -3.62. The van der Waals surface area contributed by atoms with Gasteiger partial charge in [-0.1, -0.05) is 13.8 Å². The van der Waals surface area contributed by atoms with E-state index < -0.39 is 17.7 Å². The lowest BCUT2D eigenvalue weighted by molar-refractivity contribution is 0.200. The van der Waals surface area contributed by atoms with E-state index in [1.54, 1.807) is 16.7 Å². The maximum absolute atomic E-state index is 13.4. The molecule has 0 bridgehead atoms. The summed E-state index contributed by atoms with van der Waals surface area (Å²) < 4.78 is 44.5. The molecule has 0 unspecified atom stereocenters. The molecule has 0 fully saturated rings. The number of fused-ring (bicyclic) bond motifs is 1. The van der Waals surface area contributed by atoms with Gasteiger partial charge in [0.2, 0.25) is 0 Å². The molecule has 0 radical (unpaired) electrons. The van der Waals surface area contributed by atoms with Crippen LogP contribution in [-0.2, 0) is 6.54 Å². The Morgan fingerprint density at radius 1 is 0.939 bits per heavy atom. The standard InChI is InChI=1S/C24H26F2N2O5/c1-5-17(6-2)28-13-22(18-10-20(31-3)21(32-4)11-19(18)23(28)29)33-24(30)27-12-14-7-15(25)9-16(26)8-14/h7-11,13,17H,5-6,12H2,1-4H3,(H,27,30). The van der Waals surface area contributed by atoms with Crippen LogP contribution in [0.1, 0.15) is 38.3 Å². The van der Waals surface area contributed by atoms with Gasteiger partial charge in [0.15, 0.2) is 17.2 Å². The minimum Gasteiger partial charge on any atom is -0.493 e. The van der Waals surface area contributed by atoms with Gasteiger partial charge >= 0.3 is 6.09 Å². The van der Waals surface area contributed by atoms with Crippen LogP contribution in [-0.4, -0.2) is 24.9 Å². The molecule has 1 amide bonds.